The Kier molecular flexibility index (Phi) is 3.49. The molecule has 0 aromatic heterocycles. The predicted molar refractivity (Wildman–Crippen MR) is 56.4 cm³/mol. The zero-order valence-corrected chi connectivity index (χ0v) is 8.77. The minimum Gasteiger partial charge on any atom is -0.395 e. The summed E-state index contributed by atoms with van der Waals surface area (Å²) < 4.78 is 0. The van der Waals surface area contributed by atoms with E-state index in [1.807, 2.05) is 24.3 Å². The van der Waals surface area contributed by atoms with Gasteiger partial charge in [-0.2, -0.15) is 5.26 Å². The van der Waals surface area contributed by atoms with E-state index in [4.69, 9.17) is 5.26 Å². The number of hydrogen-bond donors (Lipinski definition) is 1. The van der Waals surface area contributed by atoms with E-state index in [2.05, 4.69) is 19.9 Å². The Morgan fingerprint density at radius 1 is 1.50 bits per heavy atom. The second-order valence-electron chi connectivity index (χ2n) is 4.14. The van der Waals surface area contributed by atoms with Gasteiger partial charge in [-0.05, 0) is 5.92 Å². The van der Waals surface area contributed by atoms with Gasteiger partial charge >= 0.3 is 0 Å². The summed E-state index contributed by atoms with van der Waals surface area (Å²) in [6.45, 7) is 4.28. The summed E-state index contributed by atoms with van der Waals surface area (Å²) in [7, 11) is 0. The molecule has 1 aliphatic carbocycles. The van der Waals surface area contributed by atoms with Crippen molar-refractivity contribution < 1.29 is 5.11 Å². The van der Waals surface area contributed by atoms with Crippen LogP contribution in [0.3, 0.4) is 0 Å². The molecule has 0 aromatic rings. The molecule has 0 heterocycles. The van der Waals surface area contributed by atoms with Crippen LogP contribution in [0.15, 0.2) is 24.3 Å². The van der Waals surface area contributed by atoms with Crippen molar-refractivity contribution in [3.63, 3.8) is 0 Å². The van der Waals surface area contributed by atoms with E-state index < -0.39 is 0 Å². The fourth-order valence-electron chi connectivity index (χ4n) is 2.07. The van der Waals surface area contributed by atoms with Crippen LogP contribution in [-0.4, -0.2) is 11.7 Å². The highest BCUT2D eigenvalue weighted by Gasteiger charge is 2.38. The molecule has 0 fully saturated rings. The smallest absolute Gasteiger partial charge is 0.0628 e. The number of nitrogens with zero attached hydrogens (tertiary/aromatic N) is 1. The molecule has 0 aromatic carbocycles. The van der Waals surface area contributed by atoms with Gasteiger partial charge < -0.3 is 5.11 Å². The molecule has 0 aliphatic heterocycles. The van der Waals surface area contributed by atoms with Gasteiger partial charge in [0, 0.05) is 17.8 Å². The number of aliphatic hydroxyl groups is 1. The van der Waals surface area contributed by atoms with Crippen LogP contribution in [0.1, 0.15) is 20.3 Å². The lowest BCUT2D eigenvalue weighted by Gasteiger charge is -2.39. The molecule has 2 unspecified atom stereocenters. The second kappa shape index (κ2) is 4.43. The fourth-order valence-corrected chi connectivity index (χ4v) is 2.07. The first kappa shape index (κ1) is 11.0. The molecule has 1 N–H and O–H groups in total. The first-order valence-electron chi connectivity index (χ1n) is 5.01. The quantitative estimate of drug-likeness (QED) is 0.743. The highest BCUT2D eigenvalue weighted by molar-refractivity contribution is 5.22. The average Bonchev–Trinajstić information content (AvgIpc) is 2.19. The van der Waals surface area contributed by atoms with Gasteiger partial charge in [-0.3, -0.25) is 0 Å². The molecule has 0 radical (unpaired) electrons. The predicted octanol–water partition coefficient (Wildman–Crippen LogP) is 2.28. The Bertz CT molecular complexity index is 285. The average molecular weight is 191 g/mol. The summed E-state index contributed by atoms with van der Waals surface area (Å²) in [4.78, 5) is 0. The molecule has 0 saturated carbocycles. The van der Waals surface area contributed by atoms with Crippen molar-refractivity contribution in [2.75, 3.05) is 6.61 Å². The summed E-state index contributed by atoms with van der Waals surface area (Å²) in [6, 6.07) is 2.19. The van der Waals surface area contributed by atoms with Crippen molar-refractivity contribution in [3.8, 4) is 6.07 Å². The number of allylic oxidation sites excluding steroid dienone is 3. The number of nitriles is 1. The van der Waals surface area contributed by atoms with Gasteiger partial charge in [0.15, 0.2) is 0 Å². The summed E-state index contributed by atoms with van der Waals surface area (Å²) >= 11 is 0. The van der Waals surface area contributed by atoms with Crippen LogP contribution in [0.5, 0.6) is 0 Å². The van der Waals surface area contributed by atoms with Gasteiger partial charge in [-0.15, -0.1) is 0 Å². The normalized spacial score (nSPS) is 30.6. The van der Waals surface area contributed by atoms with Crippen LogP contribution < -0.4 is 0 Å². The van der Waals surface area contributed by atoms with E-state index in [0.717, 1.165) is 0 Å². The number of aliphatic hydroxyl groups excluding tert-OH is 1. The third-order valence-electron chi connectivity index (χ3n) is 3.21. The van der Waals surface area contributed by atoms with E-state index >= 15 is 0 Å². The van der Waals surface area contributed by atoms with E-state index in [1.165, 1.54) is 0 Å². The molecule has 1 rings (SSSR count). The summed E-state index contributed by atoms with van der Waals surface area (Å²) in [5.74, 6) is 0.481. The van der Waals surface area contributed by atoms with E-state index in [-0.39, 0.29) is 17.9 Å². The molecule has 1 aliphatic rings. The second-order valence-corrected chi connectivity index (χ2v) is 4.14. The molecular formula is C12H17NO. The lowest BCUT2D eigenvalue weighted by Crippen LogP contribution is -2.37. The zero-order valence-electron chi connectivity index (χ0n) is 8.77. The van der Waals surface area contributed by atoms with Crippen LogP contribution in [0.2, 0.25) is 0 Å². The molecule has 0 spiro atoms. The summed E-state index contributed by atoms with van der Waals surface area (Å²) in [5, 5.41) is 18.3. The molecular weight excluding hydrogens is 174 g/mol. The van der Waals surface area contributed by atoms with Crippen molar-refractivity contribution in [1.29, 1.82) is 5.26 Å². The van der Waals surface area contributed by atoms with Gasteiger partial charge in [-0.25, -0.2) is 0 Å². The SMILES string of the molecule is CC(C)C1(CO)C=CC=CC1CC#N. The maximum absolute atomic E-state index is 9.51. The highest BCUT2D eigenvalue weighted by Crippen LogP contribution is 2.41. The number of hydrogen-bond acceptors (Lipinski definition) is 2. The Hall–Kier alpha value is -1.07. The molecule has 76 valence electrons. The van der Waals surface area contributed by atoms with Crippen molar-refractivity contribution >= 4 is 0 Å². The fraction of sp³-hybridized carbons (Fsp3) is 0.583. The van der Waals surface area contributed by atoms with Gasteiger partial charge in [0.25, 0.3) is 0 Å². The molecule has 2 heteroatoms. The van der Waals surface area contributed by atoms with E-state index in [1.54, 1.807) is 0 Å². The van der Waals surface area contributed by atoms with Crippen LogP contribution in [0.4, 0.5) is 0 Å². The van der Waals surface area contributed by atoms with Crippen molar-refractivity contribution in [2.45, 2.75) is 20.3 Å². The van der Waals surface area contributed by atoms with Gasteiger partial charge in [0.1, 0.15) is 0 Å². The summed E-state index contributed by atoms with van der Waals surface area (Å²) in [5.41, 5.74) is -0.246. The van der Waals surface area contributed by atoms with Crippen molar-refractivity contribution in [3.05, 3.63) is 24.3 Å². The molecule has 0 saturated heterocycles. The van der Waals surface area contributed by atoms with Crippen LogP contribution >= 0.6 is 0 Å². The minimum absolute atomic E-state index is 0.109. The van der Waals surface area contributed by atoms with Gasteiger partial charge in [0.05, 0.1) is 12.7 Å². The van der Waals surface area contributed by atoms with Gasteiger partial charge in [0.2, 0.25) is 0 Å². The van der Waals surface area contributed by atoms with Crippen LogP contribution in [0, 0.1) is 28.6 Å². The van der Waals surface area contributed by atoms with E-state index in [0.29, 0.717) is 12.3 Å². The summed E-state index contributed by atoms with van der Waals surface area (Å²) in [6.07, 6.45) is 8.46. The van der Waals surface area contributed by atoms with E-state index in [9.17, 15) is 5.11 Å². The Balaban J connectivity index is 2.97. The van der Waals surface area contributed by atoms with Crippen LogP contribution in [-0.2, 0) is 0 Å². The van der Waals surface area contributed by atoms with Crippen molar-refractivity contribution in [2.24, 2.45) is 17.3 Å². The third kappa shape index (κ3) is 1.73. The number of rotatable bonds is 3. The Morgan fingerprint density at radius 3 is 2.71 bits per heavy atom. The first-order chi connectivity index (χ1) is 6.67. The van der Waals surface area contributed by atoms with Crippen molar-refractivity contribution in [1.82, 2.24) is 0 Å². The monoisotopic (exact) mass is 191 g/mol. The molecule has 14 heavy (non-hydrogen) atoms. The first-order valence-corrected chi connectivity index (χ1v) is 5.01. The molecule has 0 bridgehead atoms. The Labute approximate surface area is 85.6 Å². The molecule has 2 atom stereocenters. The lowest BCUT2D eigenvalue weighted by atomic mass is 9.65. The largest absolute Gasteiger partial charge is 0.395 e. The standard InChI is InChI=1S/C12H17NO/c1-10(2)12(9-14)7-4-3-5-11(12)6-8-13/h3-5,7,10-11,14H,6,9H2,1-2H3. The van der Waals surface area contributed by atoms with Gasteiger partial charge in [-0.1, -0.05) is 38.2 Å². The highest BCUT2D eigenvalue weighted by atomic mass is 16.3. The lowest BCUT2D eigenvalue weighted by molar-refractivity contribution is 0.0817. The Morgan fingerprint density at radius 2 is 2.21 bits per heavy atom. The minimum atomic E-state index is -0.246. The van der Waals surface area contributed by atoms with Crippen LogP contribution in [0.25, 0.3) is 0 Å². The maximum atomic E-state index is 9.51. The topological polar surface area (TPSA) is 44.0 Å². The maximum Gasteiger partial charge on any atom is 0.0628 e. The molecule has 0 amide bonds. The third-order valence-corrected chi connectivity index (χ3v) is 3.21. The molecule has 2 nitrogen and oxygen atoms in total. The zero-order chi connectivity index (χ0) is 10.6.